The van der Waals surface area contributed by atoms with E-state index in [0.717, 1.165) is 22.4 Å². The van der Waals surface area contributed by atoms with E-state index in [-0.39, 0.29) is 11.7 Å². The maximum Gasteiger partial charge on any atom is 0.259 e. The van der Waals surface area contributed by atoms with Crippen molar-refractivity contribution in [3.63, 3.8) is 0 Å². The summed E-state index contributed by atoms with van der Waals surface area (Å²) in [5.74, 6) is -0.256. The van der Waals surface area contributed by atoms with Gasteiger partial charge in [0.25, 0.3) is 5.91 Å². The molecule has 0 fully saturated rings. The van der Waals surface area contributed by atoms with Crippen molar-refractivity contribution in [1.82, 2.24) is 0 Å². The van der Waals surface area contributed by atoms with Gasteiger partial charge in [0.05, 0.1) is 5.56 Å². The van der Waals surface area contributed by atoms with Crippen LogP contribution in [0, 0.1) is 27.7 Å². The maximum absolute atomic E-state index is 12.3. The summed E-state index contributed by atoms with van der Waals surface area (Å²) in [5.41, 5.74) is 4.99. The van der Waals surface area contributed by atoms with Crippen molar-refractivity contribution in [2.24, 2.45) is 0 Å². The minimum Gasteiger partial charge on any atom is -0.507 e. The molecular formula is C17H19NO2. The summed E-state index contributed by atoms with van der Waals surface area (Å²) in [7, 11) is 0. The standard InChI is InChI=1S/C17H19NO2/c1-10-8-12(3)15(13(4)9-10)18-17(20)14-7-5-6-11(2)16(14)19/h5-9,19H,1-4H3,(H,18,20). The molecule has 0 saturated carbocycles. The van der Waals surface area contributed by atoms with Crippen LogP contribution < -0.4 is 5.32 Å². The zero-order valence-electron chi connectivity index (χ0n) is 12.2. The van der Waals surface area contributed by atoms with E-state index in [1.54, 1.807) is 25.1 Å². The summed E-state index contributed by atoms with van der Waals surface area (Å²) in [4.78, 5) is 12.3. The Kier molecular flexibility index (Phi) is 3.79. The van der Waals surface area contributed by atoms with Crippen molar-refractivity contribution in [1.29, 1.82) is 0 Å². The van der Waals surface area contributed by atoms with Gasteiger partial charge in [-0.1, -0.05) is 29.8 Å². The zero-order chi connectivity index (χ0) is 14.9. The Balaban J connectivity index is 2.36. The minimum atomic E-state index is -0.291. The number of aromatic hydroxyl groups is 1. The van der Waals surface area contributed by atoms with E-state index >= 15 is 0 Å². The van der Waals surface area contributed by atoms with Gasteiger partial charge in [0.1, 0.15) is 5.75 Å². The highest BCUT2D eigenvalue weighted by Crippen LogP contribution is 2.26. The fraction of sp³-hybridized carbons (Fsp3) is 0.235. The first-order chi connectivity index (χ1) is 9.40. The lowest BCUT2D eigenvalue weighted by molar-refractivity contribution is 0.102. The average Bonchev–Trinajstić information content (AvgIpc) is 2.36. The smallest absolute Gasteiger partial charge is 0.259 e. The van der Waals surface area contributed by atoms with Crippen LogP contribution in [0.5, 0.6) is 5.75 Å². The maximum atomic E-state index is 12.3. The lowest BCUT2D eigenvalue weighted by Gasteiger charge is -2.14. The number of amides is 1. The molecule has 104 valence electrons. The highest BCUT2D eigenvalue weighted by Gasteiger charge is 2.14. The zero-order valence-corrected chi connectivity index (χ0v) is 12.2. The molecule has 0 aliphatic carbocycles. The van der Waals surface area contributed by atoms with Crippen LogP contribution in [0.2, 0.25) is 0 Å². The van der Waals surface area contributed by atoms with Crippen molar-refractivity contribution in [2.45, 2.75) is 27.7 Å². The van der Waals surface area contributed by atoms with Crippen LogP contribution in [0.1, 0.15) is 32.6 Å². The topological polar surface area (TPSA) is 49.3 Å². The summed E-state index contributed by atoms with van der Waals surface area (Å²) < 4.78 is 0. The van der Waals surface area contributed by atoms with Crippen molar-refractivity contribution in [3.8, 4) is 5.75 Å². The number of phenols is 1. The van der Waals surface area contributed by atoms with Gasteiger partial charge in [0, 0.05) is 5.69 Å². The van der Waals surface area contributed by atoms with Gasteiger partial charge in [-0.25, -0.2) is 0 Å². The molecule has 3 nitrogen and oxygen atoms in total. The molecule has 2 aromatic rings. The molecule has 20 heavy (non-hydrogen) atoms. The second kappa shape index (κ2) is 5.37. The fourth-order valence-corrected chi connectivity index (χ4v) is 2.40. The number of rotatable bonds is 2. The van der Waals surface area contributed by atoms with Gasteiger partial charge in [0.15, 0.2) is 0 Å². The lowest BCUT2D eigenvalue weighted by atomic mass is 10.0. The molecule has 2 aromatic carbocycles. The van der Waals surface area contributed by atoms with Gasteiger partial charge in [-0.2, -0.15) is 0 Å². The number of phenolic OH excluding ortho intramolecular Hbond substituents is 1. The molecule has 0 heterocycles. The number of benzene rings is 2. The molecule has 0 unspecified atom stereocenters. The second-order valence-corrected chi connectivity index (χ2v) is 5.20. The van der Waals surface area contributed by atoms with E-state index in [2.05, 4.69) is 5.32 Å². The highest BCUT2D eigenvalue weighted by atomic mass is 16.3. The summed E-state index contributed by atoms with van der Waals surface area (Å²) in [6.45, 7) is 7.73. The SMILES string of the molecule is Cc1cc(C)c(NC(=O)c2cccc(C)c2O)c(C)c1. The van der Waals surface area contributed by atoms with Crippen molar-refractivity contribution in [3.05, 3.63) is 58.1 Å². The molecule has 3 heteroatoms. The number of carbonyl (C=O) groups excluding carboxylic acids is 1. The third-order valence-electron chi connectivity index (χ3n) is 3.40. The molecular weight excluding hydrogens is 250 g/mol. The molecule has 0 radical (unpaired) electrons. The highest BCUT2D eigenvalue weighted by molar-refractivity contribution is 6.07. The van der Waals surface area contributed by atoms with E-state index in [9.17, 15) is 9.90 Å². The Morgan fingerprint density at radius 2 is 1.60 bits per heavy atom. The molecule has 1 amide bonds. The molecule has 0 bridgehead atoms. The number of carbonyl (C=O) groups is 1. The Morgan fingerprint density at radius 1 is 1.00 bits per heavy atom. The van der Waals surface area contributed by atoms with Crippen LogP contribution in [0.15, 0.2) is 30.3 Å². The van der Waals surface area contributed by atoms with Crippen LogP contribution in [-0.2, 0) is 0 Å². The van der Waals surface area contributed by atoms with Crippen molar-refractivity contribution < 1.29 is 9.90 Å². The predicted octanol–water partition coefficient (Wildman–Crippen LogP) is 3.88. The number of para-hydroxylation sites is 1. The predicted molar refractivity (Wildman–Crippen MR) is 81.5 cm³/mol. The monoisotopic (exact) mass is 269 g/mol. The quantitative estimate of drug-likeness (QED) is 0.869. The summed E-state index contributed by atoms with van der Waals surface area (Å²) in [6, 6.07) is 9.21. The molecule has 0 atom stereocenters. The first-order valence-corrected chi connectivity index (χ1v) is 6.58. The van der Waals surface area contributed by atoms with E-state index in [0.29, 0.717) is 11.1 Å². The molecule has 0 aromatic heterocycles. The summed E-state index contributed by atoms with van der Waals surface area (Å²) in [5, 5.41) is 12.9. The number of aryl methyl sites for hydroxylation is 4. The van der Waals surface area contributed by atoms with Gasteiger partial charge in [0.2, 0.25) is 0 Å². The van der Waals surface area contributed by atoms with Crippen LogP contribution in [-0.4, -0.2) is 11.0 Å². The molecule has 0 aliphatic heterocycles. The average molecular weight is 269 g/mol. The van der Waals surface area contributed by atoms with Gasteiger partial charge >= 0.3 is 0 Å². The molecule has 2 rings (SSSR count). The Morgan fingerprint density at radius 3 is 2.20 bits per heavy atom. The normalized spacial score (nSPS) is 10.4. The Bertz CT molecular complexity index is 652. The van der Waals surface area contributed by atoms with Crippen molar-refractivity contribution in [2.75, 3.05) is 5.32 Å². The van der Waals surface area contributed by atoms with Gasteiger partial charge in [-0.15, -0.1) is 0 Å². The third-order valence-corrected chi connectivity index (χ3v) is 3.40. The number of hydrogen-bond acceptors (Lipinski definition) is 2. The van der Waals surface area contributed by atoms with Crippen LogP contribution >= 0.6 is 0 Å². The summed E-state index contributed by atoms with van der Waals surface area (Å²) >= 11 is 0. The fourth-order valence-electron chi connectivity index (χ4n) is 2.40. The molecule has 0 saturated heterocycles. The Labute approximate surface area is 119 Å². The second-order valence-electron chi connectivity index (χ2n) is 5.20. The van der Waals surface area contributed by atoms with Crippen LogP contribution in [0.3, 0.4) is 0 Å². The van der Waals surface area contributed by atoms with E-state index < -0.39 is 0 Å². The van der Waals surface area contributed by atoms with Crippen LogP contribution in [0.25, 0.3) is 0 Å². The first kappa shape index (κ1) is 14.1. The van der Waals surface area contributed by atoms with Crippen LogP contribution in [0.4, 0.5) is 5.69 Å². The van der Waals surface area contributed by atoms with E-state index in [4.69, 9.17) is 0 Å². The van der Waals surface area contributed by atoms with Gasteiger partial charge < -0.3 is 10.4 Å². The summed E-state index contributed by atoms with van der Waals surface area (Å²) in [6.07, 6.45) is 0. The number of anilines is 1. The van der Waals surface area contributed by atoms with Crippen molar-refractivity contribution >= 4 is 11.6 Å². The molecule has 0 aliphatic rings. The molecule has 2 N–H and O–H groups in total. The minimum absolute atomic E-state index is 0.0346. The molecule has 0 spiro atoms. The Hall–Kier alpha value is -2.29. The first-order valence-electron chi connectivity index (χ1n) is 6.58. The van der Waals surface area contributed by atoms with E-state index in [1.807, 2.05) is 32.9 Å². The third kappa shape index (κ3) is 2.67. The largest absolute Gasteiger partial charge is 0.507 e. The van der Waals surface area contributed by atoms with Gasteiger partial charge in [-0.05, 0) is 50.5 Å². The number of nitrogens with one attached hydrogen (secondary N) is 1. The lowest BCUT2D eigenvalue weighted by Crippen LogP contribution is -2.14. The van der Waals surface area contributed by atoms with Gasteiger partial charge in [-0.3, -0.25) is 4.79 Å². The number of hydrogen-bond donors (Lipinski definition) is 2. The van der Waals surface area contributed by atoms with E-state index in [1.165, 1.54) is 0 Å².